The average Bonchev–Trinajstić information content (AvgIpc) is 2.70. The normalized spacial score (nSPS) is 10.9. The lowest BCUT2D eigenvalue weighted by Gasteiger charge is -2.21. The molecule has 0 aromatic carbocycles. The maximum absolute atomic E-state index is 4.23. The molecular weight excluding hydrogens is 164 g/mol. The Morgan fingerprint density at radius 2 is 2.15 bits per heavy atom. The molecule has 70 valence electrons. The fraction of sp³-hybridized carbons (Fsp3) is 0.444. The maximum Gasteiger partial charge on any atom is 0.154 e. The molecule has 0 saturated carbocycles. The van der Waals surface area contributed by atoms with Crippen molar-refractivity contribution in [2.75, 3.05) is 18.1 Å². The monoisotopic (exact) mass is 178 g/mol. The zero-order valence-electron chi connectivity index (χ0n) is 8.01. The summed E-state index contributed by atoms with van der Waals surface area (Å²) in [5.41, 5.74) is 1.11. The van der Waals surface area contributed by atoms with Gasteiger partial charge in [-0.05, 0) is 26.0 Å². The SMILES string of the molecule is CCN(CC)n1cnn2cccc12. The van der Waals surface area contributed by atoms with Crippen LogP contribution in [0.3, 0.4) is 0 Å². The molecule has 2 heterocycles. The van der Waals surface area contributed by atoms with E-state index in [1.54, 1.807) is 0 Å². The van der Waals surface area contributed by atoms with Crippen molar-refractivity contribution in [3.63, 3.8) is 0 Å². The predicted octanol–water partition coefficient (Wildman–Crippen LogP) is 1.11. The van der Waals surface area contributed by atoms with Crippen LogP contribution in [-0.4, -0.2) is 27.4 Å². The molecule has 4 heteroatoms. The zero-order valence-corrected chi connectivity index (χ0v) is 8.01. The lowest BCUT2D eigenvalue weighted by atomic mass is 10.6. The summed E-state index contributed by atoms with van der Waals surface area (Å²) in [5.74, 6) is 0. The van der Waals surface area contributed by atoms with Crippen LogP contribution in [0.2, 0.25) is 0 Å². The molecule has 0 amide bonds. The van der Waals surface area contributed by atoms with E-state index < -0.39 is 0 Å². The third-order valence-corrected chi connectivity index (χ3v) is 2.26. The van der Waals surface area contributed by atoms with E-state index in [1.165, 1.54) is 0 Å². The Morgan fingerprint density at radius 1 is 1.38 bits per heavy atom. The van der Waals surface area contributed by atoms with Gasteiger partial charge in [-0.15, -0.1) is 0 Å². The highest BCUT2D eigenvalue weighted by Crippen LogP contribution is 2.04. The molecule has 0 aliphatic heterocycles. The van der Waals surface area contributed by atoms with Crippen molar-refractivity contribution >= 4 is 5.65 Å². The van der Waals surface area contributed by atoms with Crippen LogP contribution in [0, 0.1) is 0 Å². The number of hydrogen-bond donors (Lipinski definition) is 0. The summed E-state index contributed by atoms with van der Waals surface area (Å²) in [4.78, 5) is 0. The first-order valence-corrected chi connectivity index (χ1v) is 4.62. The molecule has 4 nitrogen and oxygen atoms in total. The Morgan fingerprint density at radius 3 is 2.85 bits per heavy atom. The summed E-state index contributed by atoms with van der Waals surface area (Å²) >= 11 is 0. The minimum atomic E-state index is 0.994. The van der Waals surface area contributed by atoms with E-state index in [-0.39, 0.29) is 0 Å². The van der Waals surface area contributed by atoms with Gasteiger partial charge in [0.15, 0.2) is 5.65 Å². The number of fused-ring (bicyclic) bond motifs is 1. The first-order valence-electron chi connectivity index (χ1n) is 4.62. The van der Waals surface area contributed by atoms with Gasteiger partial charge in [0.2, 0.25) is 0 Å². The van der Waals surface area contributed by atoms with E-state index >= 15 is 0 Å². The minimum absolute atomic E-state index is 0.994. The first kappa shape index (κ1) is 8.16. The third-order valence-electron chi connectivity index (χ3n) is 2.26. The molecule has 2 rings (SSSR count). The van der Waals surface area contributed by atoms with Gasteiger partial charge in [0.05, 0.1) is 0 Å². The molecule has 13 heavy (non-hydrogen) atoms. The van der Waals surface area contributed by atoms with Gasteiger partial charge in [-0.25, -0.2) is 9.19 Å². The molecule has 2 aromatic heterocycles. The molecule has 0 aliphatic rings. The van der Waals surface area contributed by atoms with Gasteiger partial charge < -0.3 is 5.01 Å². The number of rotatable bonds is 3. The summed E-state index contributed by atoms with van der Waals surface area (Å²) in [6.45, 7) is 6.27. The number of hydrogen-bond acceptors (Lipinski definition) is 2. The largest absolute Gasteiger partial charge is 0.310 e. The second-order valence-corrected chi connectivity index (χ2v) is 2.93. The summed E-state index contributed by atoms with van der Waals surface area (Å²) in [6.07, 6.45) is 3.80. The Hall–Kier alpha value is -1.45. The molecule has 0 N–H and O–H groups in total. The van der Waals surface area contributed by atoms with Crippen molar-refractivity contribution in [3.05, 3.63) is 24.7 Å². The van der Waals surface area contributed by atoms with Crippen LogP contribution < -0.4 is 5.01 Å². The molecule has 0 spiro atoms. The van der Waals surface area contributed by atoms with Gasteiger partial charge in [-0.2, -0.15) is 5.10 Å². The Kier molecular flexibility index (Phi) is 1.96. The first-order chi connectivity index (χ1) is 6.36. The summed E-state index contributed by atoms with van der Waals surface area (Å²) in [7, 11) is 0. The molecule has 0 aliphatic carbocycles. The van der Waals surface area contributed by atoms with Gasteiger partial charge in [0.1, 0.15) is 6.33 Å². The van der Waals surface area contributed by atoms with Crippen molar-refractivity contribution in [2.45, 2.75) is 13.8 Å². The predicted molar refractivity (Wildman–Crippen MR) is 52.5 cm³/mol. The number of aromatic nitrogens is 3. The van der Waals surface area contributed by atoms with E-state index in [1.807, 2.05) is 23.1 Å². The molecule has 0 bridgehead atoms. The summed E-state index contributed by atoms with van der Waals surface area (Å²) in [5, 5.41) is 6.46. The third kappa shape index (κ3) is 1.18. The molecular formula is C9H14N4. The van der Waals surface area contributed by atoms with Gasteiger partial charge in [-0.3, -0.25) is 0 Å². The van der Waals surface area contributed by atoms with Crippen molar-refractivity contribution < 1.29 is 0 Å². The fourth-order valence-corrected chi connectivity index (χ4v) is 1.55. The molecule has 0 radical (unpaired) electrons. The molecule has 0 fully saturated rings. The highest BCUT2D eigenvalue weighted by Gasteiger charge is 2.05. The van der Waals surface area contributed by atoms with E-state index in [0.29, 0.717) is 0 Å². The molecule has 0 saturated heterocycles. The van der Waals surface area contributed by atoms with Crippen LogP contribution in [0.1, 0.15) is 13.8 Å². The zero-order chi connectivity index (χ0) is 9.26. The van der Waals surface area contributed by atoms with E-state index in [4.69, 9.17) is 0 Å². The second kappa shape index (κ2) is 3.12. The highest BCUT2D eigenvalue weighted by molar-refractivity contribution is 5.39. The Balaban J connectivity index is 2.47. The summed E-state index contributed by atoms with van der Waals surface area (Å²) < 4.78 is 3.96. The quantitative estimate of drug-likeness (QED) is 0.703. The van der Waals surface area contributed by atoms with Gasteiger partial charge in [0, 0.05) is 19.3 Å². The standard InChI is InChI=1S/C9H14N4/c1-3-11(4-2)13-8-10-12-7-5-6-9(12)13/h5-8H,3-4H2,1-2H3. The van der Waals surface area contributed by atoms with Gasteiger partial charge in [0.25, 0.3) is 0 Å². The summed E-state index contributed by atoms with van der Waals surface area (Å²) in [6, 6.07) is 4.06. The maximum atomic E-state index is 4.23. The van der Waals surface area contributed by atoms with Crippen LogP contribution in [0.5, 0.6) is 0 Å². The van der Waals surface area contributed by atoms with Crippen LogP contribution in [0.25, 0.3) is 5.65 Å². The molecule has 0 unspecified atom stereocenters. The second-order valence-electron chi connectivity index (χ2n) is 2.93. The van der Waals surface area contributed by atoms with E-state index in [9.17, 15) is 0 Å². The van der Waals surface area contributed by atoms with Crippen molar-refractivity contribution in [1.82, 2.24) is 14.3 Å². The van der Waals surface area contributed by atoms with Crippen LogP contribution in [-0.2, 0) is 0 Å². The van der Waals surface area contributed by atoms with Crippen LogP contribution in [0.15, 0.2) is 24.7 Å². The molecule has 2 aromatic rings. The number of nitrogens with zero attached hydrogens (tertiary/aromatic N) is 4. The van der Waals surface area contributed by atoms with Gasteiger partial charge in [-0.1, -0.05) is 0 Å². The highest BCUT2D eigenvalue weighted by atomic mass is 15.6. The molecule has 0 atom stereocenters. The van der Waals surface area contributed by atoms with Crippen LogP contribution in [0.4, 0.5) is 0 Å². The fourth-order valence-electron chi connectivity index (χ4n) is 1.55. The Bertz CT molecular complexity index is 383. The van der Waals surface area contributed by atoms with E-state index in [2.05, 4.69) is 34.7 Å². The van der Waals surface area contributed by atoms with Crippen molar-refractivity contribution in [3.8, 4) is 0 Å². The van der Waals surface area contributed by atoms with Crippen molar-refractivity contribution in [2.24, 2.45) is 0 Å². The average molecular weight is 178 g/mol. The van der Waals surface area contributed by atoms with Gasteiger partial charge >= 0.3 is 0 Å². The lowest BCUT2D eigenvalue weighted by Crippen LogP contribution is -2.33. The smallest absolute Gasteiger partial charge is 0.154 e. The Labute approximate surface area is 77.3 Å². The topological polar surface area (TPSA) is 25.5 Å². The van der Waals surface area contributed by atoms with Crippen LogP contribution >= 0.6 is 0 Å². The lowest BCUT2D eigenvalue weighted by molar-refractivity contribution is 0.634. The van der Waals surface area contributed by atoms with E-state index in [0.717, 1.165) is 18.7 Å². The minimum Gasteiger partial charge on any atom is -0.310 e. The van der Waals surface area contributed by atoms with Crippen molar-refractivity contribution in [1.29, 1.82) is 0 Å².